The highest BCUT2D eigenvalue weighted by atomic mass is 16.6. The Morgan fingerprint density at radius 3 is 2.79 bits per heavy atom. The van der Waals surface area contributed by atoms with Crippen molar-refractivity contribution in [1.82, 2.24) is 4.98 Å². The summed E-state index contributed by atoms with van der Waals surface area (Å²) in [5, 5.41) is 11.1. The van der Waals surface area contributed by atoms with Crippen LogP contribution in [0.5, 0.6) is 0 Å². The van der Waals surface area contributed by atoms with Gasteiger partial charge >= 0.3 is 6.09 Å². The summed E-state index contributed by atoms with van der Waals surface area (Å²) in [7, 11) is 0. The number of carbonyl (C=O) groups is 1. The van der Waals surface area contributed by atoms with Gasteiger partial charge < -0.3 is 14.7 Å². The standard InChI is InChI=1S/C13H19N3O3/c17-8-9-19-13(18)15-11-4-5-12(14-10-11)16-6-2-1-3-7-16/h4-5,10,17H,1-3,6-9H2,(H,15,18). The zero-order valence-electron chi connectivity index (χ0n) is 10.8. The number of nitrogens with one attached hydrogen (secondary N) is 1. The van der Waals surface area contributed by atoms with Crippen LogP contribution in [0.2, 0.25) is 0 Å². The molecule has 0 spiro atoms. The average molecular weight is 265 g/mol. The number of carbonyl (C=O) groups excluding carboxylic acids is 1. The van der Waals surface area contributed by atoms with E-state index in [-0.39, 0.29) is 13.2 Å². The number of aromatic nitrogens is 1. The molecule has 1 amide bonds. The van der Waals surface area contributed by atoms with Gasteiger partial charge in [-0.15, -0.1) is 0 Å². The number of anilines is 2. The molecular formula is C13H19N3O3. The van der Waals surface area contributed by atoms with Crippen molar-refractivity contribution in [2.45, 2.75) is 19.3 Å². The predicted octanol–water partition coefficient (Wildman–Crippen LogP) is 1.61. The van der Waals surface area contributed by atoms with Crippen LogP contribution in [0.4, 0.5) is 16.3 Å². The van der Waals surface area contributed by atoms with Crippen LogP contribution in [0.15, 0.2) is 18.3 Å². The molecule has 1 fully saturated rings. The van der Waals surface area contributed by atoms with Crippen molar-refractivity contribution in [3.05, 3.63) is 18.3 Å². The fraction of sp³-hybridized carbons (Fsp3) is 0.538. The van der Waals surface area contributed by atoms with Crippen molar-refractivity contribution in [2.24, 2.45) is 0 Å². The summed E-state index contributed by atoms with van der Waals surface area (Å²) in [5.41, 5.74) is 0.587. The van der Waals surface area contributed by atoms with Crippen molar-refractivity contribution in [2.75, 3.05) is 36.5 Å². The maximum absolute atomic E-state index is 11.3. The molecule has 2 N–H and O–H groups in total. The first-order valence-corrected chi connectivity index (χ1v) is 6.55. The molecule has 19 heavy (non-hydrogen) atoms. The van der Waals surface area contributed by atoms with E-state index in [1.807, 2.05) is 6.07 Å². The molecule has 6 heteroatoms. The zero-order valence-corrected chi connectivity index (χ0v) is 10.8. The SMILES string of the molecule is O=C(Nc1ccc(N2CCCCC2)nc1)OCCO. The Balaban J connectivity index is 1.88. The van der Waals surface area contributed by atoms with Gasteiger partial charge in [-0.05, 0) is 31.4 Å². The first-order chi connectivity index (χ1) is 9.29. The van der Waals surface area contributed by atoms with Gasteiger partial charge in [0.2, 0.25) is 0 Å². The van der Waals surface area contributed by atoms with E-state index in [4.69, 9.17) is 9.84 Å². The monoisotopic (exact) mass is 265 g/mol. The van der Waals surface area contributed by atoms with Gasteiger partial charge in [-0.1, -0.05) is 0 Å². The number of amides is 1. The van der Waals surface area contributed by atoms with Gasteiger partial charge in [-0.2, -0.15) is 0 Å². The Bertz CT molecular complexity index is 402. The Labute approximate surface area is 112 Å². The number of pyridine rings is 1. The summed E-state index contributed by atoms with van der Waals surface area (Å²) in [6.45, 7) is 1.89. The van der Waals surface area contributed by atoms with E-state index in [9.17, 15) is 4.79 Å². The van der Waals surface area contributed by atoms with Gasteiger partial charge in [-0.25, -0.2) is 9.78 Å². The molecule has 2 rings (SSSR count). The van der Waals surface area contributed by atoms with E-state index < -0.39 is 6.09 Å². The lowest BCUT2D eigenvalue weighted by Gasteiger charge is -2.27. The normalized spacial score (nSPS) is 15.1. The third-order valence-corrected chi connectivity index (χ3v) is 3.00. The topological polar surface area (TPSA) is 74.7 Å². The Morgan fingerprint density at radius 2 is 2.16 bits per heavy atom. The molecule has 1 aromatic rings. The summed E-state index contributed by atoms with van der Waals surface area (Å²) < 4.78 is 4.70. The molecule has 0 saturated carbocycles. The van der Waals surface area contributed by atoms with Crippen molar-refractivity contribution >= 4 is 17.6 Å². The van der Waals surface area contributed by atoms with Crippen LogP contribution in [0.3, 0.4) is 0 Å². The maximum atomic E-state index is 11.3. The smallest absolute Gasteiger partial charge is 0.411 e. The molecule has 2 heterocycles. The molecule has 0 radical (unpaired) electrons. The number of ether oxygens (including phenoxy) is 1. The minimum absolute atomic E-state index is 0.00881. The molecule has 0 aromatic carbocycles. The van der Waals surface area contributed by atoms with Crippen molar-refractivity contribution < 1.29 is 14.6 Å². The molecular weight excluding hydrogens is 246 g/mol. The Hall–Kier alpha value is -1.82. The second-order valence-electron chi connectivity index (χ2n) is 4.44. The van der Waals surface area contributed by atoms with E-state index >= 15 is 0 Å². The molecule has 0 aliphatic carbocycles. The maximum Gasteiger partial charge on any atom is 0.411 e. The van der Waals surface area contributed by atoms with E-state index in [2.05, 4.69) is 15.2 Å². The molecule has 104 valence electrons. The van der Waals surface area contributed by atoms with Crippen LogP contribution in [0.25, 0.3) is 0 Å². The van der Waals surface area contributed by atoms with E-state index in [1.54, 1.807) is 12.3 Å². The van der Waals surface area contributed by atoms with E-state index in [0.717, 1.165) is 18.9 Å². The van der Waals surface area contributed by atoms with Crippen molar-refractivity contribution in [1.29, 1.82) is 0 Å². The Kier molecular flexibility index (Phi) is 4.97. The fourth-order valence-electron chi connectivity index (χ4n) is 2.06. The summed E-state index contributed by atoms with van der Waals surface area (Å²) in [4.78, 5) is 17.9. The molecule has 0 atom stereocenters. The van der Waals surface area contributed by atoms with Crippen LogP contribution >= 0.6 is 0 Å². The van der Waals surface area contributed by atoms with Gasteiger partial charge in [0, 0.05) is 13.1 Å². The molecule has 0 unspecified atom stereocenters. The lowest BCUT2D eigenvalue weighted by molar-refractivity contribution is 0.131. The third kappa shape index (κ3) is 4.10. The number of rotatable bonds is 4. The van der Waals surface area contributed by atoms with Gasteiger partial charge in [0.25, 0.3) is 0 Å². The van der Waals surface area contributed by atoms with Crippen LogP contribution in [0.1, 0.15) is 19.3 Å². The molecule has 1 aliphatic rings. The summed E-state index contributed by atoms with van der Waals surface area (Å²) in [5.74, 6) is 0.939. The highest BCUT2D eigenvalue weighted by Gasteiger charge is 2.12. The number of nitrogens with zero attached hydrogens (tertiary/aromatic N) is 2. The average Bonchev–Trinajstić information content (AvgIpc) is 2.47. The first-order valence-electron chi connectivity index (χ1n) is 6.55. The lowest BCUT2D eigenvalue weighted by Crippen LogP contribution is -2.30. The Morgan fingerprint density at radius 1 is 1.37 bits per heavy atom. The quantitative estimate of drug-likeness (QED) is 0.865. The van der Waals surface area contributed by atoms with Crippen molar-refractivity contribution in [3.8, 4) is 0 Å². The predicted molar refractivity (Wildman–Crippen MR) is 72.4 cm³/mol. The fourth-order valence-corrected chi connectivity index (χ4v) is 2.06. The summed E-state index contributed by atoms with van der Waals surface area (Å²) in [6, 6.07) is 3.70. The second kappa shape index (κ2) is 6.94. The van der Waals surface area contributed by atoms with Gasteiger partial charge in [-0.3, -0.25) is 5.32 Å². The van der Waals surface area contributed by atoms with Gasteiger partial charge in [0.1, 0.15) is 12.4 Å². The van der Waals surface area contributed by atoms with Crippen LogP contribution in [0, 0.1) is 0 Å². The lowest BCUT2D eigenvalue weighted by atomic mass is 10.1. The second-order valence-corrected chi connectivity index (χ2v) is 4.44. The van der Waals surface area contributed by atoms with E-state index in [0.29, 0.717) is 5.69 Å². The summed E-state index contributed by atoms with van der Waals surface area (Å²) in [6.07, 6.45) is 4.72. The first kappa shape index (κ1) is 13.6. The van der Waals surface area contributed by atoms with Crippen molar-refractivity contribution in [3.63, 3.8) is 0 Å². The molecule has 0 bridgehead atoms. The molecule has 6 nitrogen and oxygen atoms in total. The zero-order chi connectivity index (χ0) is 13.5. The molecule has 1 saturated heterocycles. The minimum atomic E-state index is -0.582. The van der Waals surface area contributed by atoms with Crippen LogP contribution in [-0.2, 0) is 4.74 Å². The van der Waals surface area contributed by atoms with Gasteiger partial charge in [0.05, 0.1) is 18.5 Å². The van der Waals surface area contributed by atoms with Crippen LogP contribution in [-0.4, -0.2) is 42.5 Å². The number of hydrogen-bond donors (Lipinski definition) is 2. The highest BCUT2D eigenvalue weighted by Crippen LogP contribution is 2.18. The molecule has 1 aliphatic heterocycles. The number of hydrogen-bond acceptors (Lipinski definition) is 5. The number of aliphatic hydroxyl groups is 1. The third-order valence-electron chi connectivity index (χ3n) is 3.00. The largest absolute Gasteiger partial charge is 0.447 e. The van der Waals surface area contributed by atoms with Gasteiger partial charge in [0.15, 0.2) is 0 Å². The summed E-state index contributed by atoms with van der Waals surface area (Å²) >= 11 is 0. The molecule has 1 aromatic heterocycles. The van der Waals surface area contributed by atoms with E-state index in [1.165, 1.54) is 19.3 Å². The number of piperidine rings is 1. The minimum Gasteiger partial charge on any atom is -0.447 e. The van der Waals surface area contributed by atoms with Crippen LogP contribution < -0.4 is 10.2 Å². The number of aliphatic hydroxyl groups excluding tert-OH is 1. The highest BCUT2D eigenvalue weighted by molar-refractivity contribution is 5.84.